The third kappa shape index (κ3) is 2.66. The zero-order chi connectivity index (χ0) is 17.6. The van der Waals surface area contributed by atoms with E-state index in [4.69, 9.17) is 17.3 Å². The van der Waals surface area contributed by atoms with Crippen molar-refractivity contribution in [2.24, 2.45) is 0 Å². The molecule has 0 saturated heterocycles. The lowest BCUT2D eigenvalue weighted by Crippen LogP contribution is -2.06. The van der Waals surface area contributed by atoms with Gasteiger partial charge in [-0.05, 0) is 59.3 Å². The molecule has 1 aromatic carbocycles. The predicted molar refractivity (Wildman–Crippen MR) is 91.4 cm³/mol. The summed E-state index contributed by atoms with van der Waals surface area (Å²) in [5, 5.41) is 11.9. The molecular weight excluding hydrogens is 345 g/mol. The predicted octanol–water partition coefficient (Wildman–Crippen LogP) is 2.93. The molecule has 0 aliphatic heterocycles. The van der Waals surface area contributed by atoms with Gasteiger partial charge in [0.25, 0.3) is 0 Å². The highest BCUT2D eigenvalue weighted by Crippen LogP contribution is 2.35. The molecule has 0 fully saturated rings. The van der Waals surface area contributed by atoms with E-state index in [9.17, 15) is 4.39 Å². The van der Waals surface area contributed by atoms with Crippen molar-refractivity contribution in [3.05, 3.63) is 53.1 Å². The van der Waals surface area contributed by atoms with Crippen LogP contribution in [0.25, 0.3) is 28.0 Å². The molecule has 0 saturated carbocycles. The van der Waals surface area contributed by atoms with Gasteiger partial charge in [-0.1, -0.05) is 11.6 Å². The van der Waals surface area contributed by atoms with Crippen LogP contribution in [0.2, 0.25) is 5.15 Å². The molecule has 0 radical (unpaired) electrons. The summed E-state index contributed by atoms with van der Waals surface area (Å²) in [6.07, 6.45) is 0. The fraction of sp³-hybridized carbons (Fsp3) is 0.0625. The molecule has 4 aromatic rings. The van der Waals surface area contributed by atoms with E-state index in [1.807, 2.05) is 13.0 Å². The lowest BCUT2D eigenvalue weighted by atomic mass is 10.0. The minimum atomic E-state index is -0.341. The van der Waals surface area contributed by atoms with Crippen LogP contribution in [0.1, 0.15) is 5.69 Å². The third-order valence-corrected chi connectivity index (χ3v) is 3.90. The van der Waals surface area contributed by atoms with E-state index in [0.29, 0.717) is 27.6 Å². The molecule has 3 heterocycles. The van der Waals surface area contributed by atoms with Crippen molar-refractivity contribution < 1.29 is 4.39 Å². The zero-order valence-corrected chi connectivity index (χ0v) is 13.7. The number of fused-ring (bicyclic) bond motifs is 1. The molecule has 4 rings (SSSR count). The summed E-state index contributed by atoms with van der Waals surface area (Å²) in [6.45, 7) is 1.83. The average molecular weight is 356 g/mol. The topological polar surface area (TPSA) is 94.9 Å². The van der Waals surface area contributed by atoms with Gasteiger partial charge >= 0.3 is 0 Å². The van der Waals surface area contributed by atoms with Gasteiger partial charge in [-0.25, -0.2) is 14.4 Å². The monoisotopic (exact) mass is 355 g/mol. The number of benzene rings is 1. The first-order valence-electron chi connectivity index (χ1n) is 7.31. The van der Waals surface area contributed by atoms with Crippen molar-refractivity contribution >= 4 is 23.2 Å². The van der Waals surface area contributed by atoms with Crippen molar-refractivity contribution in [1.82, 2.24) is 30.0 Å². The highest BCUT2D eigenvalue weighted by Gasteiger charge is 2.19. The van der Waals surface area contributed by atoms with Crippen LogP contribution in [0.15, 0.2) is 36.4 Å². The summed E-state index contributed by atoms with van der Waals surface area (Å²) in [6, 6.07) is 9.50. The van der Waals surface area contributed by atoms with Crippen LogP contribution in [0.5, 0.6) is 0 Å². The lowest BCUT2D eigenvalue weighted by molar-refractivity contribution is 0.628. The molecule has 0 atom stereocenters. The summed E-state index contributed by atoms with van der Waals surface area (Å²) >= 11 is 6.11. The van der Waals surface area contributed by atoms with Crippen LogP contribution in [0.3, 0.4) is 0 Å². The first kappa shape index (κ1) is 15.4. The van der Waals surface area contributed by atoms with Gasteiger partial charge in [-0.2, -0.15) is 4.52 Å². The van der Waals surface area contributed by atoms with E-state index in [-0.39, 0.29) is 11.8 Å². The Balaban J connectivity index is 2.10. The van der Waals surface area contributed by atoms with Gasteiger partial charge in [0.2, 0.25) is 5.95 Å². The highest BCUT2D eigenvalue weighted by molar-refractivity contribution is 6.29. The molecule has 0 unspecified atom stereocenters. The number of rotatable bonds is 2. The highest BCUT2D eigenvalue weighted by atomic mass is 35.5. The Morgan fingerprint density at radius 3 is 2.56 bits per heavy atom. The molecule has 2 N–H and O–H groups in total. The Bertz CT molecular complexity index is 1070. The van der Waals surface area contributed by atoms with Crippen molar-refractivity contribution in [2.75, 3.05) is 5.73 Å². The second kappa shape index (κ2) is 5.75. The van der Waals surface area contributed by atoms with Gasteiger partial charge < -0.3 is 5.73 Å². The van der Waals surface area contributed by atoms with Gasteiger partial charge in [0.05, 0.1) is 11.3 Å². The molecule has 0 spiro atoms. The maximum Gasteiger partial charge on any atom is 0.225 e. The number of aryl methyl sites for hydroxylation is 1. The van der Waals surface area contributed by atoms with E-state index in [2.05, 4.69) is 25.5 Å². The first-order valence-corrected chi connectivity index (χ1v) is 7.69. The van der Waals surface area contributed by atoms with Crippen molar-refractivity contribution in [1.29, 1.82) is 0 Å². The summed E-state index contributed by atoms with van der Waals surface area (Å²) in [7, 11) is 0. The van der Waals surface area contributed by atoms with Gasteiger partial charge in [-0.3, -0.25) is 0 Å². The number of hydrogen-bond acceptors (Lipinski definition) is 6. The summed E-state index contributed by atoms with van der Waals surface area (Å²) in [5.74, 6) is -0.216. The van der Waals surface area contributed by atoms with Crippen LogP contribution < -0.4 is 5.73 Å². The molecule has 7 nitrogen and oxygen atoms in total. The Hall–Kier alpha value is -3.13. The largest absolute Gasteiger partial charge is 0.368 e. The maximum absolute atomic E-state index is 13.3. The number of nitrogens with zero attached hydrogens (tertiary/aromatic N) is 6. The molecule has 0 aliphatic rings. The van der Waals surface area contributed by atoms with Crippen LogP contribution in [0, 0.1) is 12.7 Å². The second-order valence-corrected chi connectivity index (χ2v) is 5.82. The molecule has 25 heavy (non-hydrogen) atoms. The fourth-order valence-electron chi connectivity index (χ4n) is 2.68. The summed E-state index contributed by atoms with van der Waals surface area (Å²) < 4.78 is 14.6. The quantitative estimate of drug-likeness (QED) is 0.555. The number of pyridine rings is 1. The molecule has 0 aliphatic carbocycles. The Morgan fingerprint density at radius 1 is 1.08 bits per heavy atom. The van der Waals surface area contributed by atoms with E-state index >= 15 is 0 Å². The van der Waals surface area contributed by atoms with Gasteiger partial charge in [0.1, 0.15) is 11.0 Å². The standard InChI is InChI=1S/C16H11ClFN7/c1-8-6-10(7-12(17)20-8)13-14(9-2-4-11(18)5-3-9)21-16(19)25-15(13)22-23-24-25/h2-7H,1H3,(H2,19,21). The van der Waals surface area contributed by atoms with E-state index in [1.54, 1.807) is 18.2 Å². The van der Waals surface area contributed by atoms with Crippen LogP contribution in [-0.4, -0.2) is 30.0 Å². The molecule has 0 bridgehead atoms. The Morgan fingerprint density at radius 2 is 1.84 bits per heavy atom. The number of hydrogen-bond donors (Lipinski definition) is 1. The first-order chi connectivity index (χ1) is 12.0. The Kier molecular flexibility index (Phi) is 3.54. The van der Waals surface area contributed by atoms with Crippen molar-refractivity contribution in [3.63, 3.8) is 0 Å². The smallest absolute Gasteiger partial charge is 0.225 e. The minimum Gasteiger partial charge on any atom is -0.368 e. The lowest BCUT2D eigenvalue weighted by Gasteiger charge is -2.12. The minimum absolute atomic E-state index is 0.125. The average Bonchev–Trinajstić information content (AvgIpc) is 3.04. The number of nitrogens with two attached hydrogens (primary N) is 1. The third-order valence-electron chi connectivity index (χ3n) is 3.70. The van der Waals surface area contributed by atoms with Crippen LogP contribution >= 0.6 is 11.6 Å². The SMILES string of the molecule is Cc1cc(-c2c(-c3ccc(F)cc3)nc(N)n3nnnc23)cc(Cl)n1. The van der Waals surface area contributed by atoms with E-state index < -0.39 is 0 Å². The number of nitrogen functional groups attached to an aromatic ring is 1. The van der Waals surface area contributed by atoms with Crippen molar-refractivity contribution in [3.8, 4) is 22.4 Å². The van der Waals surface area contributed by atoms with Crippen LogP contribution in [-0.2, 0) is 0 Å². The molecule has 0 amide bonds. The maximum atomic E-state index is 13.3. The normalized spacial score (nSPS) is 11.2. The fourth-order valence-corrected chi connectivity index (χ4v) is 2.93. The molecular formula is C16H11ClFN7. The Labute approximate surface area is 146 Å². The number of tetrazole rings is 1. The van der Waals surface area contributed by atoms with Gasteiger partial charge in [0.15, 0.2) is 5.65 Å². The molecule has 9 heteroatoms. The van der Waals surface area contributed by atoms with Crippen molar-refractivity contribution in [2.45, 2.75) is 6.92 Å². The summed E-state index contributed by atoms with van der Waals surface area (Å²) in [4.78, 5) is 8.59. The van der Waals surface area contributed by atoms with E-state index in [1.165, 1.54) is 16.6 Å². The number of aromatic nitrogens is 6. The number of anilines is 1. The van der Waals surface area contributed by atoms with Gasteiger partial charge in [0, 0.05) is 11.3 Å². The molecule has 124 valence electrons. The van der Waals surface area contributed by atoms with Crippen LogP contribution in [0.4, 0.5) is 10.3 Å². The van der Waals surface area contributed by atoms with E-state index in [0.717, 1.165) is 11.3 Å². The number of halogens is 2. The zero-order valence-electron chi connectivity index (χ0n) is 13.0. The second-order valence-electron chi connectivity index (χ2n) is 5.43. The van der Waals surface area contributed by atoms with Gasteiger partial charge in [-0.15, -0.1) is 5.10 Å². The molecule has 3 aromatic heterocycles. The summed E-state index contributed by atoms with van der Waals surface area (Å²) in [5.41, 5.74) is 9.71.